The first-order chi connectivity index (χ1) is 13.1. The lowest BCUT2D eigenvalue weighted by atomic mass is 10.1. The van der Waals surface area contributed by atoms with Crippen molar-refractivity contribution < 1.29 is 13.2 Å². The summed E-state index contributed by atoms with van der Waals surface area (Å²) in [4.78, 5) is 11.3. The summed E-state index contributed by atoms with van der Waals surface area (Å²) in [5, 5.41) is 7.13. The van der Waals surface area contributed by atoms with Gasteiger partial charge in [0.05, 0.1) is 11.4 Å². The summed E-state index contributed by atoms with van der Waals surface area (Å²) in [5.74, 6) is -0.230. The molecule has 0 aliphatic carbocycles. The number of carbonyl (C=O) groups is 1. The van der Waals surface area contributed by atoms with Crippen molar-refractivity contribution in [1.29, 1.82) is 0 Å². The predicted molar refractivity (Wildman–Crippen MR) is 103 cm³/mol. The maximum absolute atomic E-state index is 11.9. The van der Waals surface area contributed by atoms with Gasteiger partial charge in [-0.15, -0.1) is 5.11 Å². The molecule has 1 heterocycles. The third-order valence-electron chi connectivity index (χ3n) is 3.73. The number of amides is 1. The van der Waals surface area contributed by atoms with Gasteiger partial charge in [0.2, 0.25) is 0 Å². The average molecular weight is 379 g/mol. The monoisotopic (exact) mass is 379 g/mol. The van der Waals surface area contributed by atoms with E-state index >= 15 is 0 Å². The normalized spacial score (nSPS) is 12.5. The first-order valence-corrected chi connectivity index (χ1v) is 9.67. The quantitative estimate of drug-likeness (QED) is 0.737. The van der Waals surface area contributed by atoms with E-state index in [9.17, 15) is 13.2 Å². The van der Waals surface area contributed by atoms with Gasteiger partial charge < -0.3 is 0 Å². The second-order valence-corrected chi connectivity index (χ2v) is 7.33. The zero-order chi connectivity index (χ0) is 19.1. The van der Waals surface area contributed by atoms with E-state index in [0.717, 1.165) is 5.56 Å². The highest BCUT2D eigenvalue weighted by Crippen LogP contribution is 2.16. The Hall–Kier alpha value is -3.32. The van der Waals surface area contributed by atoms with Gasteiger partial charge in [0, 0.05) is 11.3 Å². The van der Waals surface area contributed by atoms with Gasteiger partial charge >= 0.3 is 0 Å². The van der Waals surface area contributed by atoms with Gasteiger partial charge in [-0.1, -0.05) is 54.6 Å². The van der Waals surface area contributed by atoms with Gasteiger partial charge in [-0.05, 0) is 35.9 Å². The summed E-state index contributed by atoms with van der Waals surface area (Å²) in [6.07, 6.45) is 0. The predicted octanol–water partition coefficient (Wildman–Crippen LogP) is 4.28. The minimum absolute atomic E-state index is 0.230. The summed E-state index contributed by atoms with van der Waals surface area (Å²) in [7, 11) is -3.46. The van der Waals surface area contributed by atoms with Crippen LogP contribution in [0.3, 0.4) is 0 Å². The molecule has 136 valence electrons. The van der Waals surface area contributed by atoms with Crippen molar-refractivity contribution in [3.63, 3.8) is 0 Å². The number of fused-ring (bicyclic) bond motifs is 1. The minimum Gasteiger partial charge on any atom is -0.280 e. The number of hydrogen-bond donors (Lipinski definition) is 1. The fourth-order valence-corrected chi connectivity index (χ4v) is 3.50. The first-order valence-electron chi connectivity index (χ1n) is 8.19. The molecule has 0 radical (unpaired) electrons. The van der Waals surface area contributed by atoms with Crippen LogP contribution in [-0.4, -0.2) is 14.3 Å². The topological polar surface area (TPSA) is 88.0 Å². The molecule has 4 rings (SSSR count). The van der Waals surface area contributed by atoms with Crippen molar-refractivity contribution in [2.75, 3.05) is 4.72 Å². The van der Waals surface area contributed by atoms with Crippen LogP contribution in [0.25, 0.3) is 0 Å². The molecule has 0 fully saturated rings. The number of anilines is 1. The molecule has 6 nitrogen and oxygen atoms in total. The molecule has 3 aromatic carbocycles. The second kappa shape index (κ2) is 8.37. The van der Waals surface area contributed by atoms with Crippen LogP contribution < -0.4 is 4.72 Å². The Labute approximate surface area is 157 Å². The maximum atomic E-state index is 11.9. The lowest BCUT2D eigenvalue weighted by Crippen LogP contribution is -2.12. The van der Waals surface area contributed by atoms with Gasteiger partial charge in [-0.25, -0.2) is 8.42 Å². The van der Waals surface area contributed by atoms with E-state index in [2.05, 4.69) is 15.0 Å². The Balaban J connectivity index is 0.000000166. The molecular formula is C20H17N3O3S. The third-order valence-corrected chi connectivity index (χ3v) is 5.13. The van der Waals surface area contributed by atoms with Gasteiger partial charge in [0.15, 0.2) is 0 Å². The van der Waals surface area contributed by atoms with Crippen molar-refractivity contribution in [3.8, 4) is 0 Å². The first kappa shape index (κ1) is 18.5. The Kier molecular flexibility index (Phi) is 5.73. The molecule has 7 heteroatoms. The Morgan fingerprint density at radius 2 is 1.37 bits per heavy atom. The summed E-state index contributed by atoms with van der Waals surface area (Å²) < 4.78 is 26.3. The van der Waals surface area contributed by atoms with E-state index in [4.69, 9.17) is 0 Å². The molecule has 0 saturated heterocycles. The molecule has 0 unspecified atom stereocenters. The largest absolute Gasteiger partial charge is 0.295 e. The zero-order valence-corrected chi connectivity index (χ0v) is 15.1. The lowest BCUT2D eigenvalue weighted by molar-refractivity contribution is 0.0988. The number of nitrogens with zero attached hydrogens (tertiary/aromatic N) is 2. The van der Waals surface area contributed by atoms with Crippen molar-refractivity contribution >= 4 is 21.6 Å². The molecule has 0 saturated carbocycles. The Morgan fingerprint density at radius 3 is 2.04 bits per heavy atom. The highest BCUT2D eigenvalue weighted by Gasteiger charge is 2.13. The highest BCUT2D eigenvalue weighted by atomic mass is 32.2. The van der Waals surface area contributed by atoms with Crippen molar-refractivity contribution in [1.82, 2.24) is 0 Å². The summed E-state index contributed by atoms with van der Waals surface area (Å²) >= 11 is 0. The van der Waals surface area contributed by atoms with E-state index in [-0.39, 0.29) is 10.8 Å². The summed E-state index contributed by atoms with van der Waals surface area (Å²) in [6.45, 7) is 0.530. The lowest BCUT2D eigenvalue weighted by Gasteiger charge is -2.07. The molecule has 27 heavy (non-hydrogen) atoms. The van der Waals surface area contributed by atoms with Crippen LogP contribution in [0, 0.1) is 0 Å². The number of rotatable bonds is 3. The molecule has 1 amide bonds. The number of hydrogen-bond acceptors (Lipinski definition) is 4. The molecule has 1 aliphatic heterocycles. The average Bonchev–Trinajstić information content (AvgIpc) is 2.70. The molecule has 0 aromatic heterocycles. The van der Waals surface area contributed by atoms with Gasteiger partial charge in [-0.2, -0.15) is 5.11 Å². The highest BCUT2D eigenvalue weighted by molar-refractivity contribution is 7.92. The van der Waals surface area contributed by atoms with Gasteiger partial charge in [0.1, 0.15) is 0 Å². The van der Waals surface area contributed by atoms with Crippen LogP contribution in [0.4, 0.5) is 5.69 Å². The molecule has 0 spiro atoms. The van der Waals surface area contributed by atoms with E-state index in [1.165, 1.54) is 0 Å². The molecule has 1 N–H and O–H groups in total. The van der Waals surface area contributed by atoms with Crippen LogP contribution >= 0.6 is 0 Å². The fraction of sp³-hybridized carbons (Fsp3) is 0.0500. The third kappa shape index (κ3) is 4.86. The van der Waals surface area contributed by atoms with Crippen LogP contribution in [0.15, 0.2) is 100 Å². The zero-order valence-electron chi connectivity index (χ0n) is 14.3. The standard InChI is InChI=1S/C12H11NO2S.C8H6N2O/c14-16(15,12-9-5-2-6-10-12)13-11-7-3-1-4-8-11;11-8-7-4-2-1-3-6(7)5-9-10-8/h1-10,13H;1-4H,5H2. The molecule has 1 aliphatic rings. The van der Waals surface area contributed by atoms with E-state index in [0.29, 0.717) is 17.8 Å². The Morgan fingerprint density at radius 1 is 0.778 bits per heavy atom. The maximum Gasteiger partial charge on any atom is 0.295 e. The number of sulfonamides is 1. The molecular weight excluding hydrogens is 362 g/mol. The van der Waals surface area contributed by atoms with Crippen molar-refractivity contribution in [2.24, 2.45) is 10.2 Å². The van der Waals surface area contributed by atoms with Crippen molar-refractivity contribution in [3.05, 3.63) is 96.1 Å². The fourth-order valence-electron chi connectivity index (χ4n) is 2.42. The number of para-hydroxylation sites is 1. The van der Waals surface area contributed by atoms with E-state index in [1.807, 2.05) is 24.3 Å². The number of nitrogens with one attached hydrogen (secondary N) is 1. The Bertz CT molecular complexity index is 1050. The number of carbonyl (C=O) groups excluding carboxylic acids is 1. The van der Waals surface area contributed by atoms with Crippen LogP contribution in [0.1, 0.15) is 15.9 Å². The van der Waals surface area contributed by atoms with Gasteiger partial charge in [-0.3, -0.25) is 9.52 Å². The molecule has 3 aromatic rings. The van der Waals surface area contributed by atoms with Crippen LogP contribution in [-0.2, 0) is 16.6 Å². The van der Waals surface area contributed by atoms with Crippen molar-refractivity contribution in [2.45, 2.75) is 11.4 Å². The molecule has 0 bridgehead atoms. The number of azo groups is 1. The molecule has 0 atom stereocenters. The van der Waals surface area contributed by atoms with E-state index < -0.39 is 10.0 Å². The SMILES string of the molecule is O=C1N=NCc2ccccc21.O=S(=O)(Nc1ccccc1)c1ccccc1. The van der Waals surface area contributed by atoms with E-state index in [1.54, 1.807) is 60.7 Å². The second-order valence-electron chi connectivity index (χ2n) is 5.65. The number of benzene rings is 3. The van der Waals surface area contributed by atoms with Gasteiger partial charge in [0.25, 0.3) is 15.9 Å². The smallest absolute Gasteiger partial charge is 0.280 e. The summed E-state index contributed by atoms with van der Waals surface area (Å²) in [6, 6.07) is 24.5. The van der Waals surface area contributed by atoms with Crippen LogP contribution in [0.5, 0.6) is 0 Å². The summed E-state index contributed by atoms with van der Waals surface area (Å²) in [5.41, 5.74) is 2.21. The minimum atomic E-state index is -3.46. The van der Waals surface area contributed by atoms with Crippen LogP contribution in [0.2, 0.25) is 0 Å².